The number of hydrogen-bond donors (Lipinski definition) is 2. The third kappa shape index (κ3) is 4.46. The zero-order valence-electron chi connectivity index (χ0n) is 16.8. The van der Waals surface area contributed by atoms with Gasteiger partial charge in [0.25, 0.3) is 0 Å². The lowest BCUT2D eigenvalue weighted by Crippen LogP contribution is -2.31. The van der Waals surface area contributed by atoms with Crippen molar-refractivity contribution in [3.63, 3.8) is 0 Å². The van der Waals surface area contributed by atoms with E-state index in [-0.39, 0.29) is 16.6 Å². The molecular weight excluding hydrogens is 411 g/mol. The number of urea groups is 1. The molecule has 1 unspecified atom stereocenters. The number of nitrogens with zero attached hydrogens (tertiary/aromatic N) is 4. The molecule has 2 N–H and O–H groups in total. The van der Waals surface area contributed by atoms with E-state index in [9.17, 15) is 18.2 Å². The summed E-state index contributed by atoms with van der Waals surface area (Å²) in [7, 11) is 1.27. The van der Waals surface area contributed by atoms with Crippen LogP contribution in [0.1, 0.15) is 35.8 Å². The number of carbonyl (C=O) groups is 2. The molecule has 1 atom stereocenters. The highest BCUT2D eigenvalue weighted by Crippen LogP contribution is 2.35. The molecule has 11 heteroatoms. The van der Waals surface area contributed by atoms with Crippen LogP contribution in [0.2, 0.25) is 0 Å². The van der Waals surface area contributed by atoms with Crippen molar-refractivity contribution < 1.29 is 18.2 Å². The summed E-state index contributed by atoms with van der Waals surface area (Å²) in [4.78, 5) is 23.5. The zero-order valence-corrected chi connectivity index (χ0v) is 17.7. The Kier molecular flexibility index (Phi) is 6.11. The number of anilines is 1. The molecule has 0 saturated carbocycles. The predicted molar refractivity (Wildman–Crippen MR) is 110 cm³/mol. The number of aryl methyl sites for hydroxylation is 2. The second-order valence-electron chi connectivity index (χ2n) is 6.95. The topological polar surface area (TPSA) is 111 Å². The fourth-order valence-electron chi connectivity index (χ4n) is 2.94. The largest absolute Gasteiger partial charge is 0.331 e. The minimum Gasteiger partial charge on any atom is -0.306 e. The zero-order chi connectivity index (χ0) is 22.0. The van der Waals surface area contributed by atoms with Crippen molar-refractivity contribution in [2.45, 2.75) is 24.8 Å². The van der Waals surface area contributed by atoms with E-state index in [0.29, 0.717) is 28.7 Å². The summed E-state index contributed by atoms with van der Waals surface area (Å²) in [6.07, 6.45) is 3.84. The normalized spacial score (nSPS) is 12.1. The molecule has 2 heterocycles. The molecule has 0 fully saturated rings. The van der Waals surface area contributed by atoms with Crippen LogP contribution in [0.15, 0.2) is 35.6 Å². The van der Waals surface area contributed by atoms with Crippen molar-refractivity contribution in [2.75, 3.05) is 5.32 Å². The van der Waals surface area contributed by atoms with E-state index >= 15 is 0 Å². The number of aldehydes is 1. The van der Waals surface area contributed by atoms with Gasteiger partial charge in [-0.1, -0.05) is 13.8 Å². The number of benzene rings is 1. The number of nitrogens with one attached hydrogen (secondary N) is 2. The summed E-state index contributed by atoms with van der Waals surface area (Å²) in [5.74, 6) is -0.537. The van der Waals surface area contributed by atoms with Gasteiger partial charge in [0, 0.05) is 37.5 Å². The maximum absolute atomic E-state index is 14.3. The molecule has 0 bridgehead atoms. The Labute approximate surface area is 174 Å². The maximum Gasteiger partial charge on any atom is 0.331 e. The van der Waals surface area contributed by atoms with Gasteiger partial charge >= 0.3 is 6.03 Å². The Morgan fingerprint density at radius 3 is 2.57 bits per heavy atom. The van der Waals surface area contributed by atoms with Gasteiger partial charge in [0.1, 0.15) is 11.5 Å². The van der Waals surface area contributed by atoms with Gasteiger partial charge in [-0.2, -0.15) is 10.2 Å². The van der Waals surface area contributed by atoms with Crippen LogP contribution in [-0.4, -0.2) is 36.1 Å². The lowest BCUT2D eigenvalue weighted by molar-refractivity contribution is 0.111. The molecule has 0 aliphatic carbocycles. The van der Waals surface area contributed by atoms with Crippen molar-refractivity contribution in [3.8, 4) is 11.1 Å². The fraction of sp³-hybridized carbons (Fsp3) is 0.263. The van der Waals surface area contributed by atoms with Crippen LogP contribution in [0.3, 0.4) is 0 Å². The van der Waals surface area contributed by atoms with Crippen molar-refractivity contribution >= 4 is 29.0 Å². The molecule has 1 aromatic carbocycles. The van der Waals surface area contributed by atoms with Gasteiger partial charge in [0.15, 0.2) is 22.3 Å². The molecular formula is C19H21FN6O3S. The summed E-state index contributed by atoms with van der Waals surface area (Å²) < 4.78 is 31.8. The minimum absolute atomic E-state index is 0.0328. The van der Waals surface area contributed by atoms with Crippen LogP contribution in [0, 0.1) is 5.82 Å². The molecule has 3 rings (SSSR count). The van der Waals surface area contributed by atoms with Gasteiger partial charge in [0.2, 0.25) is 0 Å². The van der Waals surface area contributed by atoms with E-state index in [1.165, 1.54) is 29.9 Å². The average Bonchev–Trinajstić information content (AvgIpc) is 3.27. The monoisotopic (exact) mass is 432 g/mol. The molecule has 0 saturated heterocycles. The summed E-state index contributed by atoms with van der Waals surface area (Å²) >= 11 is 0. The van der Waals surface area contributed by atoms with E-state index in [4.69, 9.17) is 0 Å². The molecule has 2 aromatic heterocycles. The van der Waals surface area contributed by atoms with Gasteiger partial charge in [-0.05, 0) is 23.6 Å². The Morgan fingerprint density at radius 2 is 2.00 bits per heavy atom. The number of amides is 2. The standard InChI is InChI=1S/C19H21FN6O3S/c1-11(2)15-5-13(20)6-16(12-8-21-25(3)9-12)18(15)22-19(28)24-30(29)17-7-14(10-27)26(4)23-17/h5-11H,1-4H3,(H2,22,24,28). The van der Waals surface area contributed by atoms with E-state index in [1.54, 1.807) is 24.1 Å². The molecule has 2 amide bonds. The molecule has 0 radical (unpaired) electrons. The van der Waals surface area contributed by atoms with Crippen molar-refractivity contribution in [1.29, 1.82) is 0 Å². The first-order valence-electron chi connectivity index (χ1n) is 9.00. The first-order valence-corrected chi connectivity index (χ1v) is 10.2. The summed E-state index contributed by atoms with van der Waals surface area (Å²) in [6.45, 7) is 3.75. The first-order chi connectivity index (χ1) is 14.2. The summed E-state index contributed by atoms with van der Waals surface area (Å²) in [5, 5.41) is 10.8. The molecule has 0 aliphatic heterocycles. The lowest BCUT2D eigenvalue weighted by atomic mass is 9.95. The Hall–Kier alpha value is -3.34. The Bertz CT molecular complexity index is 1140. The number of aromatic nitrogens is 4. The second-order valence-corrected chi connectivity index (χ2v) is 8.11. The van der Waals surface area contributed by atoms with Gasteiger partial charge in [0.05, 0.1) is 11.9 Å². The van der Waals surface area contributed by atoms with E-state index < -0.39 is 22.8 Å². The number of hydrogen-bond acceptors (Lipinski definition) is 5. The highest BCUT2D eigenvalue weighted by Gasteiger charge is 2.20. The smallest absolute Gasteiger partial charge is 0.306 e. The summed E-state index contributed by atoms with van der Waals surface area (Å²) in [5.41, 5.74) is 2.27. The van der Waals surface area contributed by atoms with Crippen LogP contribution >= 0.6 is 0 Å². The molecule has 30 heavy (non-hydrogen) atoms. The quantitative estimate of drug-likeness (QED) is 0.582. The SMILES string of the molecule is CC(C)c1cc(F)cc(-c2cnn(C)c2)c1NC(=O)NS(=O)c1cc(C=O)n(C)n1. The molecule has 158 valence electrons. The lowest BCUT2D eigenvalue weighted by Gasteiger charge is -2.18. The van der Waals surface area contributed by atoms with E-state index in [1.807, 2.05) is 13.8 Å². The van der Waals surface area contributed by atoms with Gasteiger partial charge in [-0.25, -0.2) is 13.4 Å². The fourth-order valence-corrected chi connectivity index (χ4v) is 3.69. The average molecular weight is 432 g/mol. The van der Waals surface area contributed by atoms with E-state index in [0.717, 1.165) is 0 Å². The third-order valence-electron chi connectivity index (χ3n) is 4.40. The number of carbonyl (C=O) groups excluding carboxylic acids is 2. The van der Waals surface area contributed by atoms with E-state index in [2.05, 4.69) is 20.2 Å². The predicted octanol–water partition coefficient (Wildman–Crippen LogP) is 2.74. The molecule has 3 aromatic rings. The van der Waals surface area contributed by atoms with Crippen LogP contribution in [0.5, 0.6) is 0 Å². The van der Waals surface area contributed by atoms with Crippen molar-refractivity contribution in [1.82, 2.24) is 24.3 Å². The Morgan fingerprint density at radius 1 is 1.27 bits per heavy atom. The summed E-state index contributed by atoms with van der Waals surface area (Å²) in [6, 6.07) is 3.23. The van der Waals surface area contributed by atoms with Crippen LogP contribution in [0.4, 0.5) is 14.9 Å². The van der Waals surface area contributed by atoms with Crippen molar-refractivity contribution in [2.24, 2.45) is 14.1 Å². The maximum atomic E-state index is 14.3. The molecule has 9 nitrogen and oxygen atoms in total. The van der Waals surface area contributed by atoms with Crippen LogP contribution in [0.25, 0.3) is 11.1 Å². The minimum atomic E-state index is -1.99. The highest BCUT2D eigenvalue weighted by atomic mass is 32.2. The Balaban J connectivity index is 1.91. The van der Waals surface area contributed by atoms with Gasteiger partial charge in [-0.15, -0.1) is 0 Å². The second kappa shape index (κ2) is 8.57. The van der Waals surface area contributed by atoms with Gasteiger partial charge in [-0.3, -0.25) is 18.9 Å². The van der Waals surface area contributed by atoms with Crippen molar-refractivity contribution in [3.05, 3.63) is 47.7 Å². The highest BCUT2D eigenvalue weighted by molar-refractivity contribution is 7.83. The van der Waals surface area contributed by atoms with Crippen LogP contribution in [-0.2, 0) is 25.1 Å². The number of rotatable bonds is 6. The third-order valence-corrected chi connectivity index (χ3v) is 5.35. The molecule has 0 aliphatic rings. The molecule has 0 spiro atoms. The number of halogens is 1. The van der Waals surface area contributed by atoms with Gasteiger partial charge < -0.3 is 5.32 Å². The van der Waals surface area contributed by atoms with Crippen LogP contribution < -0.4 is 10.0 Å². The first kappa shape index (κ1) is 21.4.